The Balaban J connectivity index is 3.11. The quantitative estimate of drug-likeness (QED) is 0.598. The van der Waals surface area contributed by atoms with E-state index in [1.807, 2.05) is 0 Å². The fraction of sp³-hybridized carbons (Fsp3) is 0.500. The topological polar surface area (TPSA) is 73.6 Å². The monoisotopic (exact) mass is 300 g/mol. The summed E-state index contributed by atoms with van der Waals surface area (Å²) in [6.45, 7) is 2.60. The molecule has 0 aliphatic heterocycles. The summed E-state index contributed by atoms with van der Waals surface area (Å²) in [5.74, 6) is -0.477. The normalized spacial score (nSPS) is 12.0. The number of rotatable bonds is 7. The van der Waals surface area contributed by atoms with E-state index >= 15 is 0 Å². The van der Waals surface area contributed by atoms with Crippen LogP contribution in [0.15, 0.2) is 12.1 Å². The number of halogens is 1. The molecule has 0 radical (unpaired) electrons. The first kappa shape index (κ1) is 16.6. The lowest BCUT2D eigenvalue weighted by Crippen LogP contribution is -2.26. The number of carbonyl (C=O) groups excluding carboxylic acids is 1. The van der Waals surface area contributed by atoms with Gasteiger partial charge >= 0.3 is 5.97 Å². The molecule has 0 saturated heterocycles. The highest BCUT2D eigenvalue weighted by atomic mass is 35.5. The van der Waals surface area contributed by atoms with E-state index in [1.165, 1.54) is 7.11 Å². The number of ether oxygens (including phenoxy) is 2. The summed E-state index contributed by atoms with van der Waals surface area (Å²) in [5, 5.41) is 3.64. The largest absolute Gasteiger partial charge is 0.465 e. The molecule has 1 unspecified atom stereocenters. The zero-order valence-corrected chi connectivity index (χ0v) is 12.8. The predicted molar refractivity (Wildman–Crippen MR) is 81.4 cm³/mol. The first-order valence-electron chi connectivity index (χ1n) is 6.46. The van der Waals surface area contributed by atoms with Gasteiger partial charge in [0.15, 0.2) is 0 Å². The van der Waals surface area contributed by atoms with E-state index in [1.54, 1.807) is 19.2 Å². The van der Waals surface area contributed by atoms with E-state index in [9.17, 15) is 4.79 Å². The second-order valence-corrected chi connectivity index (χ2v) is 4.91. The maximum absolute atomic E-state index is 11.8. The number of carbonyl (C=O) groups is 1. The number of nitrogens with two attached hydrogens (primary N) is 1. The molecule has 6 heteroatoms. The minimum atomic E-state index is -0.477. The zero-order chi connectivity index (χ0) is 15.1. The average molecular weight is 301 g/mol. The second kappa shape index (κ2) is 7.97. The van der Waals surface area contributed by atoms with Gasteiger partial charge in [0.25, 0.3) is 0 Å². The van der Waals surface area contributed by atoms with Crippen LogP contribution in [0.3, 0.4) is 0 Å². The van der Waals surface area contributed by atoms with E-state index in [4.69, 9.17) is 26.8 Å². The van der Waals surface area contributed by atoms with Crippen LogP contribution < -0.4 is 11.1 Å². The molecule has 0 fully saturated rings. The maximum Gasteiger partial charge on any atom is 0.340 e. The molecule has 0 spiro atoms. The van der Waals surface area contributed by atoms with E-state index in [0.717, 1.165) is 12.8 Å². The van der Waals surface area contributed by atoms with Crippen molar-refractivity contribution < 1.29 is 14.3 Å². The van der Waals surface area contributed by atoms with Crippen LogP contribution >= 0.6 is 11.6 Å². The van der Waals surface area contributed by atoms with Gasteiger partial charge in [0.1, 0.15) is 0 Å². The highest BCUT2D eigenvalue weighted by Crippen LogP contribution is 2.30. The lowest BCUT2D eigenvalue weighted by atomic mass is 10.1. The molecule has 0 amide bonds. The molecule has 20 heavy (non-hydrogen) atoms. The van der Waals surface area contributed by atoms with Crippen molar-refractivity contribution in [2.75, 3.05) is 31.9 Å². The second-order valence-electron chi connectivity index (χ2n) is 4.50. The molecule has 1 aromatic carbocycles. The summed E-state index contributed by atoms with van der Waals surface area (Å²) in [5.41, 5.74) is 7.00. The minimum Gasteiger partial charge on any atom is -0.465 e. The van der Waals surface area contributed by atoms with Crippen molar-refractivity contribution in [3.05, 3.63) is 22.7 Å². The van der Waals surface area contributed by atoms with Crippen LogP contribution in [0.4, 0.5) is 11.4 Å². The summed E-state index contributed by atoms with van der Waals surface area (Å²) in [6, 6.07) is 3.22. The van der Waals surface area contributed by atoms with Gasteiger partial charge in [-0.1, -0.05) is 24.9 Å². The Morgan fingerprint density at radius 2 is 2.15 bits per heavy atom. The van der Waals surface area contributed by atoms with Crippen molar-refractivity contribution in [2.45, 2.75) is 25.8 Å². The standard InChI is InChI=1S/C14H21ClN2O3/c1-4-5-10(8-19-2)17-13-11(14(18)20-3)6-9(16)7-12(13)15/h6-7,10,17H,4-5,8,16H2,1-3H3. The number of methoxy groups -OCH3 is 2. The number of anilines is 2. The lowest BCUT2D eigenvalue weighted by Gasteiger charge is -2.21. The van der Waals surface area contributed by atoms with Gasteiger partial charge in [0, 0.05) is 18.8 Å². The smallest absolute Gasteiger partial charge is 0.340 e. The average Bonchev–Trinajstić information content (AvgIpc) is 2.41. The number of benzene rings is 1. The highest BCUT2D eigenvalue weighted by molar-refractivity contribution is 6.34. The molecular formula is C14H21ClN2O3. The Bertz CT molecular complexity index is 460. The molecule has 0 saturated carbocycles. The number of esters is 1. The minimum absolute atomic E-state index is 0.0644. The molecule has 0 heterocycles. The highest BCUT2D eigenvalue weighted by Gasteiger charge is 2.19. The van der Waals surface area contributed by atoms with Crippen LogP contribution in [-0.2, 0) is 9.47 Å². The first-order chi connectivity index (χ1) is 9.53. The molecule has 112 valence electrons. The Morgan fingerprint density at radius 3 is 2.70 bits per heavy atom. The number of hydrogen-bond acceptors (Lipinski definition) is 5. The zero-order valence-electron chi connectivity index (χ0n) is 12.0. The molecule has 1 atom stereocenters. The number of hydrogen-bond donors (Lipinski definition) is 2. The van der Waals surface area contributed by atoms with Crippen LogP contribution in [0.25, 0.3) is 0 Å². The Kier molecular flexibility index (Phi) is 6.61. The van der Waals surface area contributed by atoms with Crippen LogP contribution in [0, 0.1) is 0 Å². The van der Waals surface area contributed by atoms with Gasteiger partial charge in [-0.3, -0.25) is 0 Å². The Morgan fingerprint density at radius 1 is 1.45 bits per heavy atom. The summed E-state index contributed by atoms with van der Waals surface area (Å²) in [7, 11) is 2.96. The van der Waals surface area contributed by atoms with Crippen molar-refractivity contribution >= 4 is 28.9 Å². The maximum atomic E-state index is 11.8. The van der Waals surface area contributed by atoms with Crippen molar-refractivity contribution in [3.8, 4) is 0 Å². The molecule has 0 aromatic heterocycles. The van der Waals surface area contributed by atoms with E-state index < -0.39 is 5.97 Å². The van der Waals surface area contributed by atoms with Crippen molar-refractivity contribution in [1.82, 2.24) is 0 Å². The SMILES string of the molecule is CCCC(COC)Nc1c(Cl)cc(N)cc1C(=O)OC. The van der Waals surface area contributed by atoms with Crippen molar-refractivity contribution in [1.29, 1.82) is 0 Å². The van der Waals surface area contributed by atoms with E-state index in [2.05, 4.69) is 12.2 Å². The Hall–Kier alpha value is -1.46. The molecule has 1 rings (SSSR count). The van der Waals surface area contributed by atoms with Gasteiger partial charge in [0.2, 0.25) is 0 Å². The number of nitrogens with one attached hydrogen (secondary N) is 1. The van der Waals surface area contributed by atoms with Gasteiger partial charge in [-0.05, 0) is 18.6 Å². The molecule has 3 N–H and O–H groups in total. The molecular weight excluding hydrogens is 280 g/mol. The fourth-order valence-electron chi connectivity index (χ4n) is 2.00. The Labute approximate surface area is 124 Å². The van der Waals surface area contributed by atoms with Gasteiger partial charge < -0.3 is 20.5 Å². The van der Waals surface area contributed by atoms with E-state index in [0.29, 0.717) is 28.6 Å². The summed E-state index contributed by atoms with van der Waals surface area (Å²) < 4.78 is 9.94. The van der Waals surface area contributed by atoms with Crippen LogP contribution in [-0.4, -0.2) is 32.8 Å². The van der Waals surface area contributed by atoms with Crippen molar-refractivity contribution in [3.63, 3.8) is 0 Å². The van der Waals surface area contributed by atoms with Crippen LogP contribution in [0.1, 0.15) is 30.1 Å². The summed E-state index contributed by atoms with van der Waals surface area (Å²) >= 11 is 6.19. The molecule has 0 aliphatic carbocycles. The van der Waals surface area contributed by atoms with Gasteiger partial charge in [0.05, 0.1) is 30.0 Å². The van der Waals surface area contributed by atoms with Crippen LogP contribution in [0.5, 0.6) is 0 Å². The lowest BCUT2D eigenvalue weighted by molar-refractivity contribution is 0.0601. The molecule has 1 aromatic rings. The van der Waals surface area contributed by atoms with Gasteiger partial charge in [-0.2, -0.15) is 0 Å². The van der Waals surface area contributed by atoms with Gasteiger partial charge in [-0.15, -0.1) is 0 Å². The molecule has 0 bridgehead atoms. The third-order valence-corrected chi connectivity index (χ3v) is 3.17. The molecule has 5 nitrogen and oxygen atoms in total. The third-order valence-electron chi connectivity index (χ3n) is 2.87. The summed E-state index contributed by atoms with van der Waals surface area (Å²) in [4.78, 5) is 11.8. The van der Waals surface area contributed by atoms with E-state index in [-0.39, 0.29) is 6.04 Å². The molecule has 0 aliphatic rings. The third kappa shape index (κ3) is 4.28. The number of nitrogen functional groups attached to an aromatic ring is 1. The fourth-order valence-corrected chi connectivity index (χ4v) is 2.28. The predicted octanol–water partition coefficient (Wildman–Crippen LogP) is 2.94. The first-order valence-corrected chi connectivity index (χ1v) is 6.84. The van der Waals surface area contributed by atoms with Gasteiger partial charge in [-0.25, -0.2) is 4.79 Å². The summed E-state index contributed by atoms with van der Waals surface area (Å²) in [6.07, 6.45) is 1.89. The van der Waals surface area contributed by atoms with Crippen molar-refractivity contribution in [2.24, 2.45) is 0 Å². The van der Waals surface area contributed by atoms with Crippen LogP contribution in [0.2, 0.25) is 5.02 Å².